The third kappa shape index (κ3) is 5.02. The third-order valence-electron chi connectivity index (χ3n) is 2.24. The highest BCUT2D eigenvalue weighted by Gasteiger charge is 2.23. The van der Waals surface area contributed by atoms with E-state index in [1.54, 1.807) is 20.8 Å². The summed E-state index contributed by atoms with van der Waals surface area (Å²) in [6.07, 6.45) is 0.102. The Kier molecular flexibility index (Phi) is 5.26. The summed E-state index contributed by atoms with van der Waals surface area (Å²) in [5, 5.41) is 0. The van der Waals surface area contributed by atoms with Gasteiger partial charge < -0.3 is 10.5 Å². The number of benzene rings is 1. The maximum absolute atomic E-state index is 13.1. The molecule has 2 N–H and O–H groups in total. The van der Waals surface area contributed by atoms with Crippen molar-refractivity contribution in [2.75, 3.05) is 0 Å². The molecule has 0 saturated carbocycles. The lowest BCUT2D eigenvalue weighted by Crippen LogP contribution is -2.39. The van der Waals surface area contributed by atoms with E-state index in [2.05, 4.69) is 0 Å². The number of carbonyl (C=O) groups is 1. The first-order valence-electron chi connectivity index (χ1n) is 5.72. The fourth-order valence-corrected chi connectivity index (χ4v) is 2.07. The first-order valence-corrected chi connectivity index (χ1v) is 6.80. The van der Waals surface area contributed by atoms with Crippen molar-refractivity contribution in [3.63, 3.8) is 0 Å². The lowest BCUT2D eigenvalue weighted by Gasteiger charge is -2.22. The van der Waals surface area contributed by atoms with Gasteiger partial charge in [-0.1, -0.05) is 0 Å². The topological polar surface area (TPSA) is 52.3 Å². The average Bonchev–Trinajstić information content (AvgIpc) is 2.23. The van der Waals surface area contributed by atoms with Crippen LogP contribution in [0, 0.1) is 15.2 Å². The van der Waals surface area contributed by atoms with Crippen molar-refractivity contribution >= 4 is 28.6 Å². The van der Waals surface area contributed by atoms with Crippen LogP contribution in [0.3, 0.4) is 0 Å². The molecule has 0 spiro atoms. The third-order valence-corrected chi connectivity index (χ3v) is 3.24. The van der Waals surface area contributed by atoms with E-state index in [9.17, 15) is 13.6 Å². The molecule has 1 unspecified atom stereocenters. The molecule has 0 aliphatic rings. The smallest absolute Gasteiger partial charge is 0.323 e. The summed E-state index contributed by atoms with van der Waals surface area (Å²) in [6, 6.07) is 1.23. The highest BCUT2D eigenvalue weighted by Crippen LogP contribution is 2.19. The van der Waals surface area contributed by atoms with Crippen LogP contribution in [-0.4, -0.2) is 17.6 Å². The second kappa shape index (κ2) is 6.13. The molecule has 0 amide bonds. The summed E-state index contributed by atoms with van der Waals surface area (Å²) < 4.78 is 31.8. The van der Waals surface area contributed by atoms with Crippen LogP contribution < -0.4 is 5.73 Å². The largest absolute Gasteiger partial charge is 0.459 e. The molecule has 19 heavy (non-hydrogen) atoms. The van der Waals surface area contributed by atoms with Gasteiger partial charge in [0, 0.05) is 3.57 Å². The molecule has 0 heterocycles. The fourth-order valence-electron chi connectivity index (χ4n) is 1.42. The molecule has 1 atom stereocenters. The molecule has 6 heteroatoms. The lowest BCUT2D eigenvalue weighted by molar-refractivity contribution is -0.156. The van der Waals surface area contributed by atoms with Gasteiger partial charge in [0.05, 0.1) is 0 Å². The van der Waals surface area contributed by atoms with Gasteiger partial charge >= 0.3 is 5.97 Å². The predicted octanol–water partition coefficient (Wildman–Crippen LogP) is 2.78. The number of halogens is 3. The molecule has 1 rings (SSSR count). The molecule has 0 saturated heterocycles. The zero-order valence-electron chi connectivity index (χ0n) is 11.0. The average molecular weight is 383 g/mol. The van der Waals surface area contributed by atoms with E-state index in [0.29, 0.717) is 9.13 Å². The SMILES string of the molecule is CC(C)(C)OC(=O)C(N)Cc1cc(F)c(F)cc1I. The molecule has 0 aliphatic carbocycles. The molecule has 0 fully saturated rings. The van der Waals surface area contributed by atoms with E-state index in [4.69, 9.17) is 10.5 Å². The number of hydrogen-bond donors (Lipinski definition) is 1. The summed E-state index contributed by atoms with van der Waals surface area (Å²) >= 11 is 1.87. The summed E-state index contributed by atoms with van der Waals surface area (Å²) in [4.78, 5) is 11.7. The van der Waals surface area contributed by atoms with Crippen molar-refractivity contribution in [2.24, 2.45) is 5.73 Å². The Balaban J connectivity index is 2.80. The first kappa shape index (κ1) is 16.3. The van der Waals surface area contributed by atoms with Crippen LogP contribution in [-0.2, 0) is 16.0 Å². The number of rotatable bonds is 3. The van der Waals surface area contributed by atoms with Gasteiger partial charge in [0.1, 0.15) is 11.6 Å². The fraction of sp³-hybridized carbons (Fsp3) is 0.462. The van der Waals surface area contributed by atoms with E-state index in [-0.39, 0.29) is 6.42 Å². The van der Waals surface area contributed by atoms with Crippen LogP contribution in [0.4, 0.5) is 8.78 Å². The Hall–Kier alpha value is -0.760. The molecule has 0 aliphatic heterocycles. The Labute approximate surface area is 124 Å². The van der Waals surface area contributed by atoms with E-state index in [1.807, 2.05) is 22.6 Å². The maximum atomic E-state index is 13.1. The molecule has 1 aromatic carbocycles. The number of nitrogens with two attached hydrogens (primary N) is 1. The molecule has 1 aromatic rings. The molecule has 0 aromatic heterocycles. The van der Waals surface area contributed by atoms with Crippen LogP contribution in [0.25, 0.3) is 0 Å². The quantitative estimate of drug-likeness (QED) is 0.496. The van der Waals surface area contributed by atoms with Crippen molar-refractivity contribution in [3.05, 3.63) is 32.9 Å². The molecular formula is C13H16F2INO2. The van der Waals surface area contributed by atoms with E-state index < -0.39 is 29.2 Å². The Bertz CT molecular complexity index is 486. The van der Waals surface area contributed by atoms with Crippen molar-refractivity contribution in [3.8, 4) is 0 Å². The van der Waals surface area contributed by atoms with Crippen LogP contribution in [0.1, 0.15) is 26.3 Å². The monoisotopic (exact) mass is 383 g/mol. The van der Waals surface area contributed by atoms with Gasteiger partial charge in [0.15, 0.2) is 11.6 Å². The minimum absolute atomic E-state index is 0.102. The number of carbonyl (C=O) groups excluding carboxylic acids is 1. The molecule has 106 valence electrons. The standard InChI is InChI=1S/C13H16F2INO2/c1-13(2,3)19-12(18)11(17)5-7-4-8(14)9(15)6-10(7)16/h4,6,11H,5,17H2,1-3H3. The Morgan fingerprint density at radius 3 is 2.42 bits per heavy atom. The van der Waals surface area contributed by atoms with Crippen LogP contribution in [0.15, 0.2) is 12.1 Å². The highest BCUT2D eigenvalue weighted by molar-refractivity contribution is 14.1. The zero-order chi connectivity index (χ0) is 14.8. The van der Waals surface area contributed by atoms with E-state index in [1.165, 1.54) is 0 Å². The zero-order valence-corrected chi connectivity index (χ0v) is 13.1. The second-order valence-corrected chi connectivity index (χ2v) is 6.36. The maximum Gasteiger partial charge on any atom is 0.323 e. The number of esters is 1. The van der Waals surface area contributed by atoms with Gasteiger partial charge in [-0.05, 0) is 67.5 Å². The second-order valence-electron chi connectivity index (χ2n) is 5.20. The van der Waals surface area contributed by atoms with Crippen molar-refractivity contribution < 1.29 is 18.3 Å². The van der Waals surface area contributed by atoms with E-state index in [0.717, 1.165) is 12.1 Å². The lowest BCUT2D eigenvalue weighted by atomic mass is 10.1. The van der Waals surface area contributed by atoms with Crippen LogP contribution in [0.5, 0.6) is 0 Å². The normalized spacial score (nSPS) is 13.2. The predicted molar refractivity (Wildman–Crippen MR) is 76.6 cm³/mol. The Morgan fingerprint density at radius 2 is 1.89 bits per heavy atom. The summed E-state index contributed by atoms with van der Waals surface area (Å²) in [7, 11) is 0. The molecule has 0 bridgehead atoms. The number of hydrogen-bond acceptors (Lipinski definition) is 3. The molecular weight excluding hydrogens is 367 g/mol. The summed E-state index contributed by atoms with van der Waals surface area (Å²) in [5.74, 6) is -2.43. The minimum Gasteiger partial charge on any atom is -0.459 e. The minimum atomic E-state index is -0.952. The van der Waals surface area contributed by atoms with Gasteiger partial charge in [-0.3, -0.25) is 4.79 Å². The van der Waals surface area contributed by atoms with Gasteiger partial charge in [0.2, 0.25) is 0 Å². The summed E-state index contributed by atoms with van der Waals surface area (Å²) in [6.45, 7) is 5.21. The number of ether oxygens (including phenoxy) is 1. The summed E-state index contributed by atoms with van der Waals surface area (Å²) in [5.41, 5.74) is 5.57. The highest BCUT2D eigenvalue weighted by atomic mass is 127. The van der Waals surface area contributed by atoms with E-state index >= 15 is 0 Å². The van der Waals surface area contributed by atoms with Crippen LogP contribution in [0.2, 0.25) is 0 Å². The first-order chi connectivity index (χ1) is 8.60. The van der Waals surface area contributed by atoms with Crippen LogP contribution >= 0.6 is 22.6 Å². The van der Waals surface area contributed by atoms with Crippen molar-refractivity contribution in [1.82, 2.24) is 0 Å². The van der Waals surface area contributed by atoms with Crippen molar-refractivity contribution in [2.45, 2.75) is 38.8 Å². The van der Waals surface area contributed by atoms with Gasteiger partial charge in [-0.2, -0.15) is 0 Å². The molecule has 0 radical (unpaired) electrons. The van der Waals surface area contributed by atoms with Gasteiger partial charge in [0.25, 0.3) is 0 Å². The van der Waals surface area contributed by atoms with Gasteiger partial charge in [-0.15, -0.1) is 0 Å². The van der Waals surface area contributed by atoms with Gasteiger partial charge in [-0.25, -0.2) is 8.78 Å². The van der Waals surface area contributed by atoms with Crippen molar-refractivity contribution in [1.29, 1.82) is 0 Å². The Morgan fingerprint density at radius 1 is 1.37 bits per heavy atom. The molecule has 3 nitrogen and oxygen atoms in total.